The molecule has 2 N–H and O–H groups in total. The summed E-state index contributed by atoms with van der Waals surface area (Å²) in [4.78, 5) is 23.6. The van der Waals surface area contributed by atoms with Crippen LogP contribution in [0.15, 0.2) is 0 Å². The molecule has 1 rings (SSSR count). The number of alkyl halides is 1. The first-order valence-corrected chi connectivity index (χ1v) is 5.65. The van der Waals surface area contributed by atoms with Gasteiger partial charge in [0, 0.05) is 6.42 Å². The number of hydrogen-bond acceptors (Lipinski definition) is 3. The molecule has 0 aromatic carbocycles. The Morgan fingerprint density at radius 3 is 2.24 bits per heavy atom. The third kappa shape index (κ3) is 2.57. The molecular formula is C11H20FN2O3+. The van der Waals surface area contributed by atoms with Gasteiger partial charge in [-0.2, -0.15) is 4.79 Å². The van der Waals surface area contributed by atoms with Crippen LogP contribution in [-0.2, 0) is 4.74 Å². The van der Waals surface area contributed by atoms with Gasteiger partial charge in [0.15, 0.2) is 6.17 Å². The molecule has 5 nitrogen and oxygen atoms in total. The highest BCUT2D eigenvalue weighted by molar-refractivity contribution is 5.79. The van der Waals surface area contributed by atoms with Crippen LogP contribution in [-0.4, -0.2) is 41.0 Å². The van der Waals surface area contributed by atoms with Crippen molar-refractivity contribution in [1.29, 1.82) is 0 Å². The van der Waals surface area contributed by atoms with E-state index in [1.807, 2.05) is 0 Å². The van der Waals surface area contributed by atoms with Crippen molar-refractivity contribution in [2.75, 3.05) is 6.54 Å². The van der Waals surface area contributed by atoms with Crippen LogP contribution in [0, 0.1) is 0 Å². The summed E-state index contributed by atoms with van der Waals surface area (Å²) in [5, 5.41) is 0. The fourth-order valence-electron chi connectivity index (χ4n) is 2.11. The minimum Gasteiger partial charge on any atom is -0.414 e. The Bertz CT molecular complexity index is 340. The number of primary amides is 1. The molecule has 0 saturated carbocycles. The van der Waals surface area contributed by atoms with Crippen molar-refractivity contribution in [2.45, 2.75) is 51.9 Å². The minimum absolute atomic E-state index is 0.141. The highest BCUT2D eigenvalue weighted by Gasteiger charge is 2.57. The maximum Gasteiger partial charge on any atom is 0.526 e. The quantitative estimate of drug-likeness (QED) is 0.665. The lowest BCUT2D eigenvalue weighted by molar-refractivity contribution is -0.788. The van der Waals surface area contributed by atoms with E-state index in [-0.39, 0.29) is 13.0 Å². The molecule has 3 amide bonds. The Morgan fingerprint density at radius 2 is 1.94 bits per heavy atom. The van der Waals surface area contributed by atoms with Gasteiger partial charge in [-0.15, -0.1) is 4.48 Å². The fourth-order valence-corrected chi connectivity index (χ4v) is 2.11. The number of amides is 3. The van der Waals surface area contributed by atoms with Crippen LogP contribution in [0.4, 0.5) is 14.0 Å². The summed E-state index contributed by atoms with van der Waals surface area (Å²) >= 11 is 0. The number of imide groups is 1. The van der Waals surface area contributed by atoms with Gasteiger partial charge in [0.25, 0.3) is 0 Å². The summed E-state index contributed by atoms with van der Waals surface area (Å²) in [6.45, 7) is 6.47. The van der Waals surface area contributed by atoms with Gasteiger partial charge in [-0.3, -0.25) is 0 Å². The SMILES string of the molecule is CC1C[C@H](F)C[N+]1(C(N)=O)C(=O)OC(C)(C)C. The summed E-state index contributed by atoms with van der Waals surface area (Å²) in [6.07, 6.45) is -1.83. The zero-order valence-electron chi connectivity index (χ0n) is 10.7. The first-order valence-electron chi connectivity index (χ1n) is 5.65. The van der Waals surface area contributed by atoms with E-state index in [0.717, 1.165) is 0 Å². The second kappa shape index (κ2) is 4.25. The van der Waals surface area contributed by atoms with Crippen LogP contribution in [0.3, 0.4) is 0 Å². The van der Waals surface area contributed by atoms with E-state index in [4.69, 9.17) is 10.5 Å². The third-order valence-electron chi connectivity index (χ3n) is 2.95. The number of nitrogens with zero attached hydrogens (tertiary/aromatic N) is 1. The van der Waals surface area contributed by atoms with E-state index >= 15 is 0 Å². The van der Waals surface area contributed by atoms with Crippen LogP contribution >= 0.6 is 0 Å². The molecule has 0 bridgehead atoms. The topological polar surface area (TPSA) is 69.4 Å². The number of quaternary nitrogens is 1. The average molecular weight is 247 g/mol. The first-order chi connectivity index (χ1) is 7.59. The molecule has 6 heteroatoms. The largest absolute Gasteiger partial charge is 0.526 e. The second-order valence-electron chi connectivity index (χ2n) is 5.55. The number of likely N-dealkylation sites (tertiary alicyclic amines) is 1. The van der Waals surface area contributed by atoms with Gasteiger partial charge >= 0.3 is 12.1 Å². The molecule has 1 heterocycles. The molecule has 3 atom stereocenters. The Balaban J connectivity index is 3.02. The lowest BCUT2D eigenvalue weighted by Crippen LogP contribution is -2.62. The molecule has 0 aliphatic carbocycles. The van der Waals surface area contributed by atoms with Crippen LogP contribution < -0.4 is 5.73 Å². The van der Waals surface area contributed by atoms with Crippen molar-refractivity contribution in [2.24, 2.45) is 5.73 Å². The Hall–Kier alpha value is -1.17. The molecule has 1 aliphatic heterocycles. The second-order valence-corrected chi connectivity index (χ2v) is 5.55. The zero-order valence-corrected chi connectivity index (χ0v) is 10.7. The van der Waals surface area contributed by atoms with Gasteiger partial charge in [0.2, 0.25) is 0 Å². The fraction of sp³-hybridized carbons (Fsp3) is 0.818. The van der Waals surface area contributed by atoms with Gasteiger partial charge in [-0.1, -0.05) is 0 Å². The highest BCUT2D eigenvalue weighted by Crippen LogP contribution is 2.31. The van der Waals surface area contributed by atoms with Crippen LogP contribution in [0.2, 0.25) is 0 Å². The minimum atomic E-state index is -1.20. The first kappa shape index (κ1) is 13.9. The maximum absolute atomic E-state index is 13.4. The average Bonchev–Trinajstić information content (AvgIpc) is 2.38. The molecule has 1 saturated heterocycles. The normalized spacial score (nSPS) is 33.5. The van der Waals surface area contributed by atoms with Gasteiger partial charge in [-0.25, -0.2) is 9.18 Å². The molecule has 17 heavy (non-hydrogen) atoms. The molecule has 0 aromatic rings. The number of nitrogens with two attached hydrogens (primary N) is 1. The molecule has 1 aliphatic rings. The number of carbonyl (C=O) groups is 2. The third-order valence-corrected chi connectivity index (χ3v) is 2.95. The van der Waals surface area contributed by atoms with E-state index in [9.17, 15) is 14.0 Å². The highest BCUT2D eigenvalue weighted by atomic mass is 19.1. The zero-order chi connectivity index (χ0) is 13.4. The molecular weight excluding hydrogens is 227 g/mol. The van der Waals surface area contributed by atoms with Crippen LogP contribution in [0.25, 0.3) is 0 Å². The molecule has 1 fully saturated rings. The van der Waals surface area contributed by atoms with Crippen LogP contribution in [0.5, 0.6) is 0 Å². The van der Waals surface area contributed by atoms with E-state index in [2.05, 4.69) is 0 Å². The van der Waals surface area contributed by atoms with E-state index < -0.39 is 34.4 Å². The number of ether oxygens (including phenoxy) is 1. The predicted molar refractivity (Wildman–Crippen MR) is 59.9 cm³/mol. The Kier molecular flexibility index (Phi) is 3.47. The monoisotopic (exact) mass is 247 g/mol. The molecule has 98 valence electrons. The summed E-state index contributed by atoms with van der Waals surface area (Å²) in [5.74, 6) is 0. The maximum atomic E-state index is 13.4. The Labute approximate surface area is 100 Å². The van der Waals surface area contributed by atoms with Gasteiger partial charge in [-0.05, 0) is 27.7 Å². The Morgan fingerprint density at radius 1 is 1.41 bits per heavy atom. The molecule has 0 spiro atoms. The van der Waals surface area contributed by atoms with Gasteiger partial charge < -0.3 is 10.5 Å². The van der Waals surface area contributed by atoms with Crippen molar-refractivity contribution >= 4 is 12.1 Å². The van der Waals surface area contributed by atoms with E-state index in [0.29, 0.717) is 0 Å². The number of urea groups is 1. The number of carbonyl (C=O) groups excluding carboxylic acids is 2. The van der Waals surface area contributed by atoms with Crippen molar-refractivity contribution in [1.82, 2.24) is 0 Å². The van der Waals surface area contributed by atoms with E-state index in [1.54, 1.807) is 27.7 Å². The molecule has 2 unspecified atom stereocenters. The van der Waals surface area contributed by atoms with E-state index in [1.165, 1.54) is 0 Å². The predicted octanol–water partition coefficient (Wildman–Crippen LogP) is 1.95. The van der Waals surface area contributed by atoms with Gasteiger partial charge in [0.05, 0.1) is 0 Å². The standard InChI is InChI=1S/C11H19FN2O3/c1-7-5-8(12)6-14(7,9(13)15)10(16)17-11(2,3)4/h7-8H,5-6H2,1-4H3,(H-,13,15)/p+1/t7?,8-,14?/m0/s1. The van der Waals surface area contributed by atoms with Crippen molar-refractivity contribution in [3.05, 3.63) is 0 Å². The van der Waals surface area contributed by atoms with Crippen molar-refractivity contribution in [3.63, 3.8) is 0 Å². The lowest BCUT2D eigenvalue weighted by atomic mass is 10.2. The summed E-state index contributed by atoms with van der Waals surface area (Å²) in [5.41, 5.74) is 4.54. The number of halogens is 1. The summed E-state index contributed by atoms with van der Waals surface area (Å²) < 4.78 is 17.8. The van der Waals surface area contributed by atoms with Crippen molar-refractivity contribution < 1.29 is 23.2 Å². The van der Waals surface area contributed by atoms with Crippen molar-refractivity contribution in [3.8, 4) is 0 Å². The summed E-state index contributed by atoms with van der Waals surface area (Å²) in [7, 11) is 0. The number of hydrogen-bond donors (Lipinski definition) is 1. The molecule has 0 radical (unpaired) electrons. The number of rotatable bonds is 0. The molecule has 0 aromatic heterocycles. The lowest BCUT2D eigenvalue weighted by Gasteiger charge is -2.32. The smallest absolute Gasteiger partial charge is 0.414 e. The summed E-state index contributed by atoms with van der Waals surface area (Å²) in [6, 6.07) is -1.34. The van der Waals surface area contributed by atoms with Gasteiger partial charge in [0.1, 0.15) is 18.2 Å². The van der Waals surface area contributed by atoms with Crippen LogP contribution in [0.1, 0.15) is 34.1 Å².